The van der Waals surface area contributed by atoms with E-state index in [0.717, 1.165) is 0 Å². The highest BCUT2D eigenvalue weighted by Gasteiger charge is 2.27. The van der Waals surface area contributed by atoms with Crippen LogP contribution in [0.2, 0.25) is 0 Å². The van der Waals surface area contributed by atoms with Crippen molar-refractivity contribution in [3.8, 4) is 12.3 Å². The van der Waals surface area contributed by atoms with Crippen LogP contribution in [0.3, 0.4) is 0 Å². The minimum atomic E-state index is -3.08. The summed E-state index contributed by atoms with van der Waals surface area (Å²) in [5.74, 6) is -0.843. The minimum Gasteiger partial charge on any atom is -0.390 e. The van der Waals surface area contributed by atoms with Crippen LogP contribution in [-0.4, -0.2) is 30.2 Å². The summed E-state index contributed by atoms with van der Waals surface area (Å²) in [6.07, 6.45) is 4.92. The van der Waals surface area contributed by atoms with Crippen molar-refractivity contribution in [2.45, 2.75) is 18.9 Å². The van der Waals surface area contributed by atoms with Gasteiger partial charge in [-0.25, -0.2) is 8.78 Å². The summed E-state index contributed by atoms with van der Waals surface area (Å²) in [5.41, 5.74) is 0. The Labute approximate surface area is 64.6 Å². The van der Waals surface area contributed by atoms with E-state index in [1.165, 1.54) is 0 Å². The number of terminal acetylenes is 1. The number of rotatable bonds is 4. The molecule has 0 spiro atoms. The van der Waals surface area contributed by atoms with E-state index in [0.29, 0.717) is 0 Å². The highest BCUT2D eigenvalue weighted by Crippen LogP contribution is 2.09. The summed E-state index contributed by atoms with van der Waals surface area (Å²) in [4.78, 5) is 0. The third kappa shape index (κ3) is 4.71. The lowest BCUT2D eigenvalue weighted by atomic mass is 10.3. The molecular weight excluding hydrogens is 152 g/mol. The van der Waals surface area contributed by atoms with Gasteiger partial charge >= 0.3 is 0 Å². The molecule has 0 bridgehead atoms. The second kappa shape index (κ2) is 4.27. The largest absolute Gasteiger partial charge is 0.390 e. The van der Waals surface area contributed by atoms with E-state index in [9.17, 15) is 8.78 Å². The molecule has 0 rings (SSSR count). The fourth-order valence-corrected chi connectivity index (χ4v) is 0.417. The van der Waals surface area contributed by atoms with E-state index in [2.05, 4.69) is 11.2 Å². The first-order valence-electron chi connectivity index (χ1n) is 3.20. The van der Waals surface area contributed by atoms with E-state index >= 15 is 0 Å². The Hall–Kier alpha value is -0.660. The maximum atomic E-state index is 12.3. The second-order valence-corrected chi connectivity index (χ2v) is 2.28. The van der Waals surface area contributed by atoms with E-state index in [4.69, 9.17) is 11.5 Å². The van der Waals surface area contributed by atoms with Gasteiger partial charge in [0.1, 0.15) is 6.61 Å². The molecule has 0 aliphatic carbocycles. The first kappa shape index (κ1) is 10.3. The molecule has 1 atom stereocenters. The maximum absolute atomic E-state index is 12.3. The molecule has 0 aliphatic rings. The first-order valence-corrected chi connectivity index (χ1v) is 3.20. The zero-order valence-electron chi connectivity index (χ0n) is 6.27. The van der Waals surface area contributed by atoms with Crippen molar-refractivity contribution in [2.75, 3.05) is 13.2 Å². The van der Waals surface area contributed by atoms with Crippen molar-refractivity contribution in [1.29, 1.82) is 0 Å². The van der Waals surface area contributed by atoms with Gasteiger partial charge in [0.2, 0.25) is 0 Å². The van der Waals surface area contributed by atoms with Crippen molar-refractivity contribution in [1.82, 2.24) is 5.32 Å². The van der Waals surface area contributed by atoms with Crippen molar-refractivity contribution in [3.05, 3.63) is 0 Å². The molecule has 0 amide bonds. The van der Waals surface area contributed by atoms with Gasteiger partial charge in [-0.05, 0) is 6.92 Å². The highest BCUT2D eigenvalue weighted by molar-refractivity contribution is 4.96. The van der Waals surface area contributed by atoms with Crippen LogP contribution in [-0.2, 0) is 0 Å². The Kier molecular flexibility index (Phi) is 4.01. The van der Waals surface area contributed by atoms with Crippen LogP contribution in [0.15, 0.2) is 0 Å². The third-order valence-electron chi connectivity index (χ3n) is 1.15. The van der Waals surface area contributed by atoms with Crippen molar-refractivity contribution in [3.63, 3.8) is 0 Å². The maximum Gasteiger partial charge on any atom is 0.282 e. The molecule has 0 saturated carbocycles. The molecule has 11 heavy (non-hydrogen) atoms. The lowest BCUT2D eigenvalue weighted by Gasteiger charge is -2.15. The van der Waals surface area contributed by atoms with Crippen LogP contribution in [0.4, 0.5) is 8.78 Å². The fraction of sp³-hybridized carbons (Fsp3) is 0.714. The topological polar surface area (TPSA) is 32.3 Å². The Morgan fingerprint density at radius 2 is 2.27 bits per heavy atom. The van der Waals surface area contributed by atoms with Crippen molar-refractivity contribution < 1.29 is 13.9 Å². The van der Waals surface area contributed by atoms with Crippen LogP contribution in [0.5, 0.6) is 0 Å². The van der Waals surface area contributed by atoms with E-state index < -0.39 is 25.1 Å². The Bertz CT molecular complexity index is 153. The van der Waals surface area contributed by atoms with Gasteiger partial charge in [0.25, 0.3) is 5.92 Å². The molecule has 0 fully saturated rings. The molecule has 0 aromatic rings. The average molecular weight is 163 g/mol. The predicted molar refractivity (Wildman–Crippen MR) is 38.3 cm³/mol. The Morgan fingerprint density at radius 1 is 1.73 bits per heavy atom. The van der Waals surface area contributed by atoms with Gasteiger partial charge in [-0.15, -0.1) is 6.42 Å². The number of hydrogen-bond acceptors (Lipinski definition) is 2. The SMILES string of the molecule is C#CC(C)NCC(F)(F)CO. The number of halogens is 2. The van der Waals surface area contributed by atoms with Gasteiger partial charge in [-0.2, -0.15) is 0 Å². The normalized spacial score (nSPS) is 14.1. The molecule has 2 nitrogen and oxygen atoms in total. The summed E-state index contributed by atoms with van der Waals surface area (Å²) in [6, 6.07) is -0.396. The van der Waals surface area contributed by atoms with Gasteiger partial charge in [0, 0.05) is 0 Å². The molecule has 64 valence electrons. The van der Waals surface area contributed by atoms with E-state index in [-0.39, 0.29) is 0 Å². The Balaban J connectivity index is 3.63. The van der Waals surface area contributed by atoms with Crippen molar-refractivity contribution in [2.24, 2.45) is 0 Å². The summed E-state index contributed by atoms with van der Waals surface area (Å²) in [5, 5.41) is 10.5. The van der Waals surface area contributed by atoms with Crippen LogP contribution < -0.4 is 5.32 Å². The predicted octanol–water partition coefficient (Wildman–Crippen LogP) is 0.225. The molecule has 1 unspecified atom stereocenters. The molecule has 0 heterocycles. The van der Waals surface area contributed by atoms with Crippen molar-refractivity contribution >= 4 is 0 Å². The number of aliphatic hydroxyl groups excluding tert-OH is 1. The summed E-state index contributed by atoms with van der Waals surface area (Å²) in [6.45, 7) is -0.153. The molecule has 2 N–H and O–H groups in total. The number of alkyl halides is 2. The van der Waals surface area contributed by atoms with E-state index in [1.807, 2.05) is 0 Å². The summed E-state index contributed by atoms with van der Waals surface area (Å²) in [7, 11) is 0. The van der Waals surface area contributed by atoms with Gasteiger partial charge in [-0.3, -0.25) is 5.32 Å². The molecule has 4 heteroatoms. The fourth-order valence-electron chi connectivity index (χ4n) is 0.417. The smallest absolute Gasteiger partial charge is 0.282 e. The second-order valence-electron chi connectivity index (χ2n) is 2.28. The molecule has 0 saturated heterocycles. The van der Waals surface area contributed by atoms with Crippen LogP contribution in [0, 0.1) is 12.3 Å². The lowest BCUT2D eigenvalue weighted by molar-refractivity contribution is -0.0481. The van der Waals surface area contributed by atoms with Crippen LogP contribution >= 0.6 is 0 Å². The number of hydrogen-bond donors (Lipinski definition) is 2. The monoisotopic (exact) mass is 163 g/mol. The van der Waals surface area contributed by atoms with Crippen LogP contribution in [0.1, 0.15) is 6.92 Å². The van der Waals surface area contributed by atoms with Crippen LogP contribution in [0.25, 0.3) is 0 Å². The zero-order valence-corrected chi connectivity index (χ0v) is 6.27. The summed E-state index contributed by atoms with van der Waals surface area (Å²) >= 11 is 0. The zero-order chi connectivity index (χ0) is 8.91. The third-order valence-corrected chi connectivity index (χ3v) is 1.15. The van der Waals surface area contributed by atoms with Gasteiger partial charge in [0.05, 0.1) is 12.6 Å². The molecule has 0 aliphatic heterocycles. The first-order chi connectivity index (χ1) is 5.02. The highest BCUT2D eigenvalue weighted by atomic mass is 19.3. The van der Waals surface area contributed by atoms with Gasteiger partial charge < -0.3 is 5.11 Å². The minimum absolute atomic E-state index is 0.396. The lowest BCUT2D eigenvalue weighted by Crippen LogP contribution is -2.39. The number of aliphatic hydroxyl groups is 1. The molecule has 0 aromatic heterocycles. The molecule has 0 aromatic carbocycles. The Morgan fingerprint density at radius 3 is 2.64 bits per heavy atom. The average Bonchev–Trinajstić information content (AvgIpc) is 2.00. The van der Waals surface area contributed by atoms with Gasteiger partial charge in [0.15, 0.2) is 0 Å². The number of nitrogens with one attached hydrogen (secondary N) is 1. The molecular formula is C7H11F2NO. The van der Waals surface area contributed by atoms with E-state index in [1.54, 1.807) is 6.92 Å². The molecule has 0 radical (unpaired) electrons. The van der Waals surface area contributed by atoms with Gasteiger partial charge in [-0.1, -0.05) is 5.92 Å². The standard InChI is InChI=1S/C7H11F2NO/c1-3-6(2)10-4-7(8,9)5-11/h1,6,10-11H,4-5H2,2H3. The summed E-state index contributed by atoms with van der Waals surface area (Å²) < 4.78 is 24.5. The quantitative estimate of drug-likeness (QED) is 0.581.